The van der Waals surface area contributed by atoms with E-state index in [0.717, 1.165) is 39.3 Å². The number of aryl methyl sites for hydroxylation is 2. The van der Waals surface area contributed by atoms with E-state index in [1.165, 1.54) is 0 Å². The Balaban J connectivity index is 2.32. The molecular weight excluding hydrogens is 304 g/mol. The van der Waals surface area contributed by atoms with Gasteiger partial charge in [-0.1, -0.05) is 23.7 Å². The molecule has 0 saturated heterocycles. The molecule has 0 spiro atoms. The summed E-state index contributed by atoms with van der Waals surface area (Å²) >= 11 is 7.01. The third-order valence-electron chi connectivity index (χ3n) is 3.12. The summed E-state index contributed by atoms with van der Waals surface area (Å²) in [5.74, 6) is 0. The van der Waals surface area contributed by atoms with Crippen LogP contribution in [0.1, 0.15) is 11.4 Å². The molecule has 0 saturated carbocycles. The lowest BCUT2D eigenvalue weighted by molar-refractivity contribution is 0.888. The van der Waals surface area contributed by atoms with E-state index >= 15 is 0 Å². The Morgan fingerprint density at radius 1 is 1.24 bits per heavy atom. The molecule has 0 amide bonds. The smallest absolute Gasteiger partial charge is 0.170 e. The molecule has 0 aliphatic rings. The molecule has 0 bridgehead atoms. The van der Waals surface area contributed by atoms with Crippen LogP contribution >= 0.6 is 23.4 Å². The Bertz CT molecular complexity index is 862. The number of thiocyanates is 1. The lowest BCUT2D eigenvalue weighted by atomic mass is 10.1. The van der Waals surface area contributed by atoms with Crippen molar-refractivity contribution in [3.8, 4) is 16.7 Å². The van der Waals surface area contributed by atoms with E-state index in [9.17, 15) is 0 Å². The first kappa shape index (κ1) is 13.9. The summed E-state index contributed by atoms with van der Waals surface area (Å²) < 4.78 is 1.77. The number of hydrogen-bond donors (Lipinski definition) is 0. The van der Waals surface area contributed by atoms with Crippen molar-refractivity contribution in [1.29, 1.82) is 5.26 Å². The molecule has 0 aliphatic heterocycles. The number of thioether (sulfide) groups is 1. The summed E-state index contributed by atoms with van der Waals surface area (Å²) in [6.07, 6.45) is 0. The maximum atomic E-state index is 9.08. The van der Waals surface area contributed by atoms with E-state index in [0.29, 0.717) is 10.7 Å². The minimum Gasteiger partial charge on any atom is -0.233 e. The number of rotatable bonds is 2. The number of fused-ring (bicyclic) bond motifs is 1. The van der Waals surface area contributed by atoms with Crippen molar-refractivity contribution in [2.45, 2.75) is 18.7 Å². The van der Waals surface area contributed by atoms with Gasteiger partial charge in [-0.05, 0) is 43.8 Å². The van der Waals surface area contributed by atoms with Gasteiger partial charge in [-0.2, -0.15) is 10.4 Å². The van der Waals surface area contributed by atoms with Gasteiger partial charge >= 0.3 is 0 Å². The molecule has 0 fully saturated rings. The predicted molar refractivity (Wildman–Crippen MR) is 84.4 cm³/mol. The van der Waals surface area contributed by atoms with Crippen LogP contribution in [0.3, 0.4) is 0 Å². The van der Waals surface area contributed by atoms with E-state index < -0.39 is 0 Å². The van der Waals surface area contributed by atoms with Gasteiger partial charge < -0.3 is 0 Å². The average Bonchev–Trinajstić information content (AvgIpc) is 2.80. The van der Waals surface area contributed by atoms with Crippen LogP contribution in [-0.2, 0) is 0 Å². The molecule has 0 N–H and O–H groups in total. The van der Waals surface area contributed by atoms with Crippen LogP contribution in [0, 0.1) is 24.5 Å². The highest BCUT2D eigenvalue weighted by atomic mass is 35.5. The molecule has 3 aromatic rings. The van der Waals surface area contributed by atoms with Crippen molar-refractivity contribution in [3.05, 3.63) is 46.7 Å². The van der Waals surface area contributed by atoms with Crippen molar-refractivity contribution in [2.75, 3.05) is 0 Å². The summed E-state index contributed by atoms with van der Waals surface area (Å²) in [6, 6.07) is 9.38. The largest absolute Gasteiger partial charge is 0.233 e. The first-order valence-corrected chi connectivity index (χ1v) is 7.48. The highest BCUT2D eigenvalue weighted by Crippen LogP contribution is 2.34. The summed E-state index contributed by atoms with van der Waals surface area (Å²) in [5, 5.41) is 16.5. The first-order chi connectivity index (χ1) is 10.1. The number of aromatic nitrogens is 3. The topological polar surface area (TPSA) is 54.0 Å². The Morgan fingerprint density at radius 2 is 1.95 bits per heavy atom. The highest BCUT2D eigenvalue weighted by Gasteiger charge is 2.17. The number of halogens is 1. The first-order valence-electron chi connectivity index (χ1n) is 6.29. The van der Waals surface area contributed by atoms with E-state index in [-0.39, 0.29) is 0 Å². The average molecular weight is 315 g/mol. The zero-order chi connectivity index (χ0) is 15.0. The van der Waals surface area contributed by atoms with Gasteiger partial charge in [-0.15, -0.1) is 0 Å². The van der Waals surface area contributed by atoms with E-state index in [1.54, 1.807) is 4.52 Å². The second-order valence-electron chi connectivity index (χ2n) is 4.65. The van der Waals surface area contributed by atoms with E-state index in [4.69, 9.17) is 16.9 Å². The fourth-order valence-corrected chi connectivity index (χ4v) is 2.93. The molecule has 21 heavy (non-hydrogen) atoms. The second-order valence-corrected chi connectivity index (χ2v) is 5.88. The van der Waals surface area contributed by atoms with Crippen molar-refractivity contribution >= 4 is 29.0 Å². The van der Waals surface area contributed by atoms with Crippen molar-refractivity contribution in [1.82, 2.24) is 14.6 Å². The van der Waals surface area contributed by atoms with Gasteiger partial charge in [0.15, 0.2) is 5.65 Å². The lowest BCUT2D eigenvalue weighted by Gasteiger charge is -2.00. The lowest BCUT2D eigenvalue weighted by Crippen LogP contribution is -1.97. The molecule has 0 aliphatic carbocycles. The maximum absolute atomic E-state index is 9.08. The van der Waals surface area contributed by atoms with Gasteiger partial charge in [-0.3, -0.25) is 0 Å². The van der Waals surface area contributed by atoms with Gasteiger partial charge in [0.05, 0.1) is 4.90 Å². The Hall–Kier alpha value is -2.03. The molecule has 2 aromatic heterocycles. The monoisotopic (exact) mass is 314 g/mol. The minimum atomic E-state index is 0.669. The van der Waals surface area contributed by atoms with Crippen molar-refractivity contribution in [2.24, 2.45) is 0 Å². The van der Waals surface area contributed by atoms with Crippen LogP contribution in [0.2, 0.25) is 5.02 Å². The second kappa shape index (κ2) is 5.40. The summed E-state index contributed by atoms with van der Waals surface area (Å²) in [4.78, 5) is 5.29. The van der Waals surface area contributed by atoms with Crippen LogP contribution in [-0.4, -0.2) is 14.6 Å². The highest BCUT2D eigenvalue weighted by molar-refractivity contribution is 8.04. The predicted octanol–water partition coefficient (Wildman–Crippen LogP) is 4.24. The summed E-state index contributed by atoms with van der Waals surface area (Å²) in [7, 11) is 0. The normalized spacial score (nSPS) is 10.8. The fourth-order valence-electron chi connectivity index (χ4n) is 2.24. The quantitative estimate of drug-likeness (QED) is 0.524. The van der Waals surface area contributed by atoms with Crippen LogP contribution in [0.25, 0.3) is 16.9 Å². The fraction of sp³-hybridized carbons (Fsp3) is 0.133. The number of nitrogens with zero attached hydrogens (tertiary/aromatic N) is 4. The molecule has 6 heteroatoms. The zero-order valence-electron chi connectivity index (χ0n) is 11.5. The zero-order valence-corrected chi connectivity index (χ0v) is 13.0. The van der Waals surface area contributed by atoms with Crippen molar-refractivity contribution in [3.63, 3.8) is 0 Å². The van der Waals surface area contributed by atoms with Crippen molar-refractivity contribution < 1.29 is 0 Å². The maximum Gasteiger partial charge on any atom is 0.170 e. The van der Waals surface area contributed by atoms with E-state index in [2.05, 4.69) is 15.5 Å². The van der Waals surface area contributed by atoms with Gasteiger partial charge in [0.2, 0.25) is 0 Å². The number of benzene rings is 1. The molecule has 3 rings (SSSR count). The van der Waals surface area contributed by atoms with Gasteiger partial charge in [0.25, 0.3) is 0 Å². The van der Waals surface area contributed by atoms with E-state index in [1.807, 2.05) is 44.2 Å². The standard InChI is InChI=1S/C15H11ClN4S/c1-9-7-10(2)20-15(18-9)14(21-8-17)13(19-20)11-3-5-12(16)6-4-11/h3-7H,1-2H3. The molecule has 4 nitrogen and oxygen atoms in total. The van der Waals surface area contributed by atoms with Crippen LogP contribution < -0.4 is 0 Å². The Labute approximate surface area is 131 Å². The minimum absolute atomic E-state index is 0.669. The molecular formula is C15H11ClN4S. The Morgan fingerprint density at radius 3 is 2.62 bits per heavy atom. The van der Waals surface area contributed by atoms with Crippen LogP contribution in [0.4, 0.5) is 0 Å². The molecule has 0 atom stereocenters. The third kappa shape index (κ3) is 2.48. The molecule has 0 radical (unpaired) electrons. The molecule has 2 heterocycles. The third-order valence-corrected chi connectivity index (χ3v) is 4.04. The summed E-state index contributed by atoms with van der Waals surface area (Å²) in [6.45, 7) is 3.91. The summed E-state index contributed by atoms with van der Waals surface area (Å²) in [5.41, 5.74) is 4.27. The SMILES string of the molecule is Cc1cc(C)n2nc(-c3ccc(Cl)cc3)c(SC#N)c2n1. The Kier molecular flexibility index (Phi) is 3.58. The molecule has 0 unspecified atom stereocenters. The number of nitriles is 1. The van der Waals surface area contributed by atoms with Gasteiger partial charge in [-0.25, -0.2) is 9.50 Å². The van der Waals surface area contributed by atoms with Gasteiger partial charge in [0.1, 0.15) is 11.1 Å². The number of hydrogen-bond acceptors (Lipinski definition) is 4. The molecule has 104 valence electrons. The van der Waals surface area contributed by atoms with Crippen LogP contribution in [0.15, 0.2) is 35.2 Å². The molecule has 1 aromatic carbocycles. The van der Waals surface area contributed by atoms with Crippen LogP contribution in [0.5, 0.6) is 0 Å². The van der Waals surface area contributed by atoms with Gasteiger partial charge in [0, 0.05) is 22.0 Å².